The van der Waals surface area contributed by atoms with E-state index in [4.69, 9.17) is 9.47 Å². The van der Waals surface area contributed by atoms with Crippen LogP contribution in [-0.2, 0) is 21.4 Å². The lowest BCUT2D eigenvalue weighted by Gasteiger charge is -2.11. The van der Waals surface area contributed by atoms with Gasteiger partial charge in [0.25, 0.3) is 0 Å². The van der Waals surface area contributed by atoms with E-state index in [0.717, 1.165) is 11.3 Å². The fourth-order valence-corrected chi connectivity index (χ4v) is 3.44. The van der Waals surface area contributed by atoms with Crippen LogP contribution >= 0.6 is 0 Å². The lowest BCUT2D eigenvalue weighted by molar-refractivity contribution is 0.0472. The van der Waals surface area contributed by atoms with E-state index >= 15 is 0 Å². The minimum atomic E-state index is -3.78. The van der Waals surface area contributed by atoms with E-state index in [1.54, 1.807) is 10.9 Å². The largest absolute Gasteiger partial charge is 0.495 e. The van der Waals surface area contributed by atoms with E-state index in [1.165, 1.54) is 32.4 Å². The second-order valence-corrected chi connectivity index (χ2v) is 7.62. The number of carbonyl (C=O) groups is 1. The van der Waals surface area contributed by atoms with Crippen molar-refractivity contribution >= 4 is 16.0 Å². The molecule has 9 heteroatoms. The molecule has 0 saturated heterocycles. The van der Waals surface area contributed by atoms with Crippen LogP contribution in [0.2, 0.25) is 0 Å². The summed E-state index contributed by atoms with van der Waals surface area (Å²) in [4.78, 5) is 12.2. The number of rotatable bonds is 7. The molecule has 28 heavy (non-hydrogen) atoms. The molecule has 0 unspecified atom stereocenters. The molecule has 146 valence electrons. The summed E-state index contributed by atoms with van der Waals surface area (Å²) in [5.41, 5.74) is 1.79. The molecular weight excluding hydrogens is 382 g/mol. The van der Waals surface area contributed by atoms with Crippen LogP contribution in [-0.4, -0.2) is 38.3 Å². The van der Waals surface area contributed by atoms with E-state index < -0.39 is 16.0 Å². The molecule has 0 saturated carbocycles. The maximum atomic E-state index is 12.3. The van der Waals surface area contributed by atoms with E-state index in [2.05, 4.69) is 9.82 Å². The van der Waals surface area contributed by atoms with Gasteiger partial charge in [-0.1, -0.05) is 12.1 Å². The predicted molar refractivity (Wildman–Crippen MR) is 102 cm³/mol. The Bertz CT molecular complexity index is 1060. The Morgan fingerprint density at radius 3 is 2.54 bits per heavy atom. The molecule has 3 aromatic rings. The standard InChI is InChI=1S/C19H19N3O5S/c1-20-28(24,25)18-12-15(6-9-17(18)26-2)19(23)27-13-14-4-7-16(8-5-14)22-11-3-10-21-22/h3-12,20H,13H2,1-2H3. The lowest BCUT2D eigenvalue weighted by atomic mass is 10.2. The Labute approximate surface area is 162 Å². The maximum Gasteiger partial charge on any atom is 0.338 e. The number of nitrogens with one attached hydrogen (secondary N) is 1. The van der Waals surface area contributed by atoms with Crippen molar-refractivity contribution in [2.24, 2.45) is 0 Å². The average Bonchev–Trinajstić information content (AvgIpc) is 3.26. The number of ether oxygens (including phenoxy) is 2. The van der Waals surface area contributed by atoms with E-state index in [9.17, 15) is 13.2 Å². The molecular formula is C19H19N3O5S. The van der Waals surface area contributed by atoms with Gasteiger partial charge < -0.3 is 9.47 Å². The number of hydrogen-bond donors (Lipinski definition) is 1. The molecule has 1 heterocycles. The summed E-state index contributed by atoms with van der Waals surface area (Å²) in [5.74, 6) is -0.494. The first kappa shape index (κ1) is 19.6. The van der Waals surface area contributed by atoms with Gasteiger partial charge in [-0.2, -0.15) is 5.10 Å². The lowest BCUT2D eigenvalue weighted by Crippen LogP contribution is -2.20. The van der Waals surface area contributed by atoms with Gasteiger partial charge in [0.05, 0.1) is 18.4 Å². The number of sulfonamides is 1. The number of methoxy groups -OCH3 is 1. The van der Waals surface area contributed by atoms with Crippen LogP contribution in [0, 0.1) is 0 Å². The first-order chi connectivity index (χ1) is 13.4. The Balaban J connectivity index is 1.72. The van der Waals surface area contributed by atoms with Crippen LogP contribution < -0.4 is 9.46 Å². The number of aromatic nitrogens is 2. The van der Waals surface area contributed by atoms with E-state index in [1.807, 2.05) is 36.5 Å². The van der Waals surface area contributed by atoms with Crippen molar-refractivity contribution in [2.45, 2.75) is 11.5 Å². The summed E-state index contributed by atoms with van der Waals surface area (Å²) >= 11 is 0. The maximum absolute atomic E-state index is 12.3. The zero-order valence-corrected chi connectivity index (χ0v) is 16.1. The number of carbonyl (C=O) groups excluding carboxylic acids is 1. The molecule has 0 radical (unpaired) electrons. The van der Waals surface area contributed by atoms with Crippen molar-refractivity contribution in [3.05, 3.63) is 72.1 Å². The highest BCUT2D eigenvalue weighted by Gasteiger charge is 2.20. The van der Waals surface area contributed by atoms with Gasteiger partial charge in [-0.15, -0.1) is 0 Å². The van der Waals surface area contributed by atoms with Gasteiger partial charge in [0.1, 0.15) is 17.3 Å². The van der Waals surface area contributed by atoms with Crippen molar-refractivity contribution in [1.29, 1.82) is 0 Å². The molecule has 1 aromatic heterocycles. The minimum absolute atomic E-state index is 0.0539. The Morgan fingerprint density at radius 2 is 1.93 bits per heavy atom. The molecule has 2 aromatic carbocycles. The molecule has 0 aliphatic rings. The predicted octanol–water partition coefficient (Wildman–Crippen LogP) is 2.15. The van der Waals surface area contributed by atoms with Crippen molar-refractivity contribution in [3.8, 4) is 11.4 Å². The van der Waals surface area contributed by atoms with Gasteiger partial charge in [0, 0.05) is 12.4 Å². The second-order valence-electron chi connectivity index (χ2n) is 5.77. The van der Waals surface area contributed by atoms with Crippen molar-refractivity contribution in [2.75, 3.05) is 14.2 Å². The third-order valence-corrected chi connectivity index (χ3v) is 5.47. The van der Waals surface area contributed by atoms with Crippen molar-refractivity contribution in [1.82, 2.24) is 14.5 Å². The number of esters is 1. The SMILES string of the molecule is CNS(=O)(=O)c1cc(C(=O)OCc2ccc(-n3cccn3)cc2)ccc1OC. The fraction of sp³-hybridized carbons (Fsp3) is 0.158. The highest BCUT2D eigenvalue weighted by Crippen LogP contribution is 2.25. The fourth-order valence-electron chi connectivity index (χ4n) is 2.52. The molecule has 0 spiro atoms. The van der Waals surface area contributed by atoms with Crippen LogP contribution in [0.25, 0.3) is 5.69 Å². The molecule has 0 amide bonds. The van der Waals surface area contributed by atoms with Gasteiger partial charge >= 0.3 is 5.97 Å². The molecule has 0 bridgehead atoms. The van der Waals surface area contributed by atoms with Gasteiger partial charge in [-0.25, -0.2) is 22.6 Å². The van der Waals surface area contributed by atoms with Crippen LogP contribution in [0.3, 0.4) is 0 Å². The van der Waals surface area contributed by atoms with E-state index in [-0.39, 0.29) is 22.8 Å². The van der Waals surface area contributed by atoms with Crippen LogP contribution in [0.5, 0.6) is 5.75 Å². The summed E-state index contributed by atoms with van der Waals surface area (Å²) in [6.07, 6.45) is 3.52. The molecule has 0 aliphatic carbocycles. The highest BCUT2D eigenvalue weighted by molar-refractivity contribution is 7.89. The van der Waals surface area contributed by atoms with Crippen LogP contribution in [0.1, 0.15) is 15.9 Å². The van der Waals surface area contributed by atoms with Gasteiger partial charge in [0.2, 0.25) is 10.0 Å². The Morgan fingerprint density at radius 1 is 1.18 bits per heavy atom. The van der Waals surface area contributed by atoms with Crippen LogP contribution in [0.4, 0.5) is 0 Å². The summed E-state index contributed by atoms with van der Waals surface area (Å²) < 4.78 is 38.5. The van der Waals surface area contributed by atoms with E-state index in [0.29, 0.717) is 0 Å². The highest BCUT2D eigenvalue weighted by atomic mass is 32.2. The summed E-state index contributed by atoms with van der Waals surface area (Å²) in [7, 11) is -1.14. The molecule has 0 atom stereocenters. The molecule has 0 fully saturated rings. The van der Waals surface area contributed by atoms with Crippen LogP contribution in [0.15, 0.2) is 65.8 Å². The second kappa shape index (κ2) is 8.24. The molecule has 1 N–H and O–H groups in total. The molecule has 0 aliphatic heterocycles. The Kier molecular flexibility index (Phi) is 5.76. The summed E-state index contributed by atoms with van der Waals surface area (Å²) in [5, 5.41) is 4.15. The number of nitrogens with zero attached hydrogens (tertiary/aromatic N) is 2. The van der Waals surface area contributed by atoms with Gasteiger partial charge in [0.15, 0.2) is 0 Å². The first-order valence-corrected chi connectivity index (χ1v) is 9.80. The van der Waals surface area contributed by atoms with Crippen molar-refractivity contribution in [3.63, 3.8) is 0 Å². The number of benzene rings is 2. The summed E-state index contributed by atoms with van der Waals surface area (Å²) in [6, 6.07) is 13.3. The molecule has 3 rings (SSSR count). The zero-order chi connectivity index (χ0) is 20.1. The third kappa shape index (κ3) is 4.21. The first-order valence-electron chi connectivity index (χ1n) is 8.32. The normalized spacial score (nSPS) is 11.2. The zero-order valence-electron chi connectivity index (χ0n) is 15.3. The van der Waals surface area contributed by atoms with Crippen molar-refractivity contribution < 1.29 is 22.7 Å². The number of hydrogen-bond acceptors (Lipinski definition) is 6. The van der Waals surface area contributed by atoms with Gasteiger partial charge in [-0.3, -0.25) is 0 Å². The topological polar surface area (TPSA) is 99.5 Å². The quantitative estimate of drug-likeness (QED) is 0.609. The summed E-state index contributed by atoms with van der Waals surface area (Å²) in [6.45, 7) is 0.0539. The molecule has 8 nitrogen and oxygen atoms in total. The average molecular weight is 401 g/mol. The monoisotopic (exact) mass is 401 g/mol. The minimum Gasteiger partial charge on any atom is -0.495 e. The smallest absolute Gasteiger partial charge is 0.338 e. The third-order valence-electron chi connectivity index (χ3n) is 4.03. The van der Waals surface area contributed by atoms with Gasteiger partial charge in [-0.05, 0) is 49.0 Å². The Hall–Kier alpha value is -3.17.